The average molecular weight is 390 g/mol. The molecular formula is C19H32ClNO5. The van der Waals surface area contributed by atoms with Gasteiger partial charge >= 0.3 is 0 Å². The van der Waals surface area contributed by atoms with Crippen LogP contribution in [0.1, 0.15) is 32.8 Å². The predicted octanol–water partition coefficient (Wildman–Crippen LogP) is 2.63. The average Bonchev–Trinajstić information content (AvgIpc) is 2.58. The maximum Gasteiger partial charge on any atom is 0.130 e. The summed E-state index contributed by atoms with van der Waals surface area (Å²) in [4.78, 5) is 10.8. The van der Waals surface area contributed by atoms with Crippen molar-refractivity contribution in [1.82, 2.24) is 5.32 Å². The Balaban J connectivity index is 0.00000625. The first kappa shape index (κ1) is 24.5. The summed E-state index contributed by atoms with van der Waals surface area (Å²) in [7, 11) is 3.17. The number of carbonyl (C=O) groups excluding carboxylic acids is 1. The quantitative estimate of drug-likeness (QED) is 0.535. The van der Waals surface area contributed by atoms with Gasteiger partial charge in [-0.15, -0.1) is 12.4 Å². The van der Waals surface area contributed by atoms with E-state index in [1.807, 2.05) is 20.8 Å². The second kappa shape index (κ2) is 12.8. The third-order valence-electron chi connectivity index (χ3n) is 3.84. The first-order chi connectivity index (χ1) is 11.9. The molecule has 0 spiro atoms. The molecule has 2 atom stereocenters. The number of benzene rings is 1. The summed E-state index contributed by atoms with van der Waals surface area (Å²) in [5.41, 5.74) is 0.877. The zero-order valence-corrected chi connectivity index (χ0v) is 17.1. The number of aliphatic hydroxyl groups excluding tert-OH is 1. The fourth-order valence-corrected chi connectivity index (χ4v) is 2.44. The minimum absolute atomic E-state index is 0. The monoisotopic (exact) mass is 389 g/mol. The van der Waals surface area contributed by atoms with Crippen LogP contribution in [0.25, 0.3) is 0 Å². The van der Waals surface area contributed by atoms with Gasteiger partial charge < -0.3 is 29.4 Å². The van der Waals surface area contributed by atoms with Crippen molar-refractivity contribution in [2.24, 2.45) is 5.92 Å². The van der Waals surface area contributed by atoms with E-state index in [0.717, 1.165) is 11.8 Å². The standard InChI is InChI=1S/C19H31NO5.ClH/c1-13(2)20-11-15(22)12-25-19-10-16(23-4)9-18(24-5)17(19)8-14(3)6-7-21;/h7,9-10,13-15,20,22H,6,8,11-12H2,1-5H3;1H/t14-,15?;/m1./s1. The molecular weight excluding hydrogens is 358 g/mol. The Morgan fingerprint density at radius 2 is 1.81 bits per heavy atom. The van der Waals surface area contributed by atoms with Gasteiger partial charge in [0.1, 0.15) is 36.2 Å². The molecule has 0 amide bonds. The van der Waals surface area contributed by atoms with Crippen molar-refractivity contribution in [2.45, 2.75) is 45.8 Å². The molecule has 26 heavy (non-hydrogen) atoms. The maximum atomic E-state index is 10.8. The summed E-state index contributed by atoms with van der Waals surface area (Å²) in [6, 6.07) is 3.88. The summed E-state index contributed by atoms with van der Waals surface area (Å²) in [6.45, 7) is 6.66. The lowest BCUT2D eigenvalue weighted by molar-refractivity contribution is -0.108. The first-order valence-electron chi connectivity index (χ1n) is 8.64. The molecule has 0 bridgehead atoms. The van der Waals surface area contributed by atoms with Gasteiger partial charge in [-0.1, -0.05) is 20.8 Å². The fraction of sp³-hybridized carbons (Fsp3) is 0.632. The molecule has 2 N–H and O–H groups in total. The maximum absolute atomic E-state index is 10.8. The summed E-state index contributed by atoms with van der Waals surface area (Å²) >= 11 is 0. The van der Waals surface area contributed by atoms with E-state index >= 15 is 0 Å². The highest BCUT2D eigenvalue weighted by molar-refractivity contribution is 5.85. The lowest BCUT2D eigenvalue weighted by atomic mass is 9.97. The third kappa shape index (κ3) is 8.25. The van der Waals surface area contributed by atoms with E-state index in [1.54, 1.807) is 26.4 Å². The first-order valence-corrected chi connectivity index (χ1v) is 8.64. The molecule has 0 fully saturated rings. The highest BCUT2D eigenvalue weighted by Gasteiger charge is 2.18. The van der Waals surface area contributed by atoms with Gasteiger partial charge in [0.15, 0.2) is 0 Å². The van der Waals surface area contributed by atoms with E-state index in [1.165, 1.54) is 0 Å². The lowest BCUT2D eigenvalue weighted by Crippen LogP contribution is -2.35. The summed E-state index contributed by atoms with van der Waals surface area (Å²) in [5, 5.41) is 13.2. The number of carbonyl (C=O) groups is 1. The van der Waals surface area contributed by atoms with E-state index in [-0.39, 0.29) is 24.9 Å². The number of hydrogen-bond acceptors (Lipinski definition) is 6. The van der Waals surface area contributed by atoms with Gasteiger partial charge in [-0.05, 0) is 12.3 Å². The zero-order valence-electron chi connectivity index (χ0n) is 16.3. The Hall–Kier alpha value is -1.50. The van der Waals surface area contributed by atoms with E-state index in [9.17, 15) is 9.90 Å². The molecule has 6 nitrogen and oxygen atoms in total. The number of methoxy groups -OCH3 is 2. The number of nitrogens with one attached hydrogen (secondary N) is 1. The molecule has 1 rings (SSSR count). The molecule has 0 aromatic heterocycles. The second-order valence-electron chi connectivity index (χ2n) is 6.55. The van der Waals surface area contributed by atoms with Crippen molar-refractivity contribution in [3.63, 3.8) is 0 Å². The number of halogens is 1. The summed E-state index contributed by atoms with van der Waals surface area (Å²) in [5.74, 6) is 2.04. The Morgan fingerprint density at radius 3 is 2.35 bits per heavy atom. The Labute approximate surface area is 162 Å². The van der Waals surface area contributed by atoms with Crippen molar-refractivity contribution in [1.29, 1.82) is 0 Å². The number of hydrogen-bond donors (Lipinski definition) is 2. The van der Waals surface area contributed by atoms with Crippen molar-refractivity contribution < 1.29 is 24.1 Å². The van der Waals surface area contributed by atoms with E-state index in [4.69, 9.17) is 14.2 Å². The van der Waals surface area contributed by atoms with Crippen LogP contribution in [0.2, 0.25) is 0 Å². The van der Waals surface area contributed by atoms with Crippen LogP contribution in [0.5, 0.6) is 17.2 Å². The highest BCUT2D eigenvalue weighted by atomic mass is 35.5. The SMILES string of the molecule is COc1cc(OC)c(C[C@H](C)CC=O)c(OCC(O)CNC(C)C)c1.Cl. The van der Waals surface area contributed by atoms with Crippen LogP contribution < -0.4 is 19.5 Å². The van der Waals surface area contributed by atoms with Crippen molar-refractivity contribution in [2.75, 3.05) is 27.4 Å². The summed E-state index contributed by atoms with van der Waals surface area (Å²) in [6.07, 6.45) is 1.40. The molecule has 0 aliphatic rings. The van der Waals surface area contributed by atoms with Crippen molar-refractivity contribution in [3.05, 3.63) is 17.7 Å². The van der Waals surface area contributed by atoms with E-state index in [0.29, 0.717) is 42.7 Å². The fourth-order valence-electron chi connectivity index (χ4n) is 2.44. The number of rotatable bonds is 12. The third-order valence-corrected chi connectivity index (χ3v) is 3.84. The lowest BCUT2D eigenvalue weighted by Gasteiger charge is -2.20. The summed E-state index contributed by atoms with van der Waals surface area (Å²) < 4.78 is 16.6. The van der Waals surface area contributed by atoms with Gasteiger partial charge in [-0.2, -0.15) is 0 Å². The molecule has 7 heteroatoms. The van der Waals surface area contributed by atoms with Crippen LogP contribution in [-0.2, 0) is 11.2 Å². The van der Waals surface area contributed by atoms with Crippen LogP contribution in [0, 0.1) is 5.92 Å². The van der Waals surface area contributed by atoms with Gasteiger partial charge in [0.2, 0.25) is 0 Å². The van der Waals surface area contributed by atoms with Crippen LogP contribution >= 0.6 is 12.4 Å². The van der Waals surface area contributed by atoms with Crippen LogP contribution in [-0.4, -0.2) is 50.9 Å². The molecule has 0 heterocycles. The van der Waals surface area contributed by atoms with Crippen LogP contribution in [0.15, 0.2) is 12.1 Å². The highest BCUT2D eigenvalue weighted by Crippen LogP contribution is 2.36. The Bertz CT molecular complexity index is 539. The smallest absolute Gasteiger partial charge is 0.130 e. The van der Waals surface area contributed by atoms with E-state index < -0.39 is 6.10 Å². The van der Waals surface area contributed by atoms with Crippen molar-refractivity contribution >= 4 is 18.7 Å². The molecule has 0 saturated carbocycles. The Morgan fingerprint density at radius 1 is 1.15 bits per heavy atom. The van der Waals surface area contributed by atoms with Gasteiger partial charge in [0.25, 0.3) is 0 Å². The number of aliphatic hydroxyl groups is 1. The largest absolute Gasteiger partial charge is 0.496 e. The van der Waals surface area contributed by atoms with Gasteiger partial charge in [0.05, 0.1) is 14.2 Å². The molecule has 0 aliphatic heterocycles. The second-order valence-corrected chi connectivity index (χ2v) is 6.55. The van der Waals surface area contributed by atoms with Crippen molar-refractivity contribution in [3.8, 4) is 17.2 Å². The molecule has 0 radical (unpaired) electrons. The number of ether oxygens (including phenoxy) is 3. The molecule has 1 aromatic rings. The van der Waals surface area contributed by atoms with Gasteiger partial charge in [-0.3, -0.25) is 0 Å². The predicted molar refractivity (Wildman–Crippen MR) is 105 cm³/mol. The van der Waals surface area contributed by atoms with Crippen LogP contribution in [0.3, 0.4) is 0 Å². The zero-order chi connectivity index (χ0) is 18.8. The minimum atomic E-state index is -0.625. The number of aldehydes is 1. The topological polar surface area (TPSA) is 77.0 Å². The Kier molecular flexibility index (Phi) is 12.1. The minimum Gasteiger partial charge on any atom is -0.496 e. The van der Waals surface area contributed by atoms with Crippen LogP contribution in [0.4, 0.5) is 0 Å². The van der Waals surface area contributed by atoms with Gasteiger partial charge in [0, 0.05) is 36.7 Å². The van der Waals surface area contributed by atoms with E-state index in [2.05, 4.69) is 5.32 Å². The molecule has 1 unspecified atom stereocenters. The molecule has 0 aliphatic carbocycles. The normalized spacial score (nSPS) is 12.9. The van der Waals surface area contributed by atoms with Gasteiger partial charge in [-0.25, -0.2) is 0 Å². The molecule has 0 saturated heterocycles. The molecule has 1 aromatic carbocycles. The molecule has 150 valence electrons.